The first-order valence-corrected chi connectivity index (χ1v) is 10.6. The standard InChI is InChI=1S/C21H31N5O4/c1-14-10-15(2)23-20-19(14)21(24-25(20)3)30-13-18(27)22-11-17(16-4-7-29-12-16)26-5-8-28-9-6-26/h10,16-17H,4-9,11-13H2,1-3H3,(H,22,27). The van der Waals surface area contributed by atoms with E-state index in [9.17, 15) is 4.79 Å². The van der Waals surface area contributed by atoms with Gasteiger partial charge in [-0.15, -0.1) is 5.10 Å². The van der Waals surface area contributed by atoms with Crippen molar-refractivity contribution in [2.45, 2.75) is 26.3 Å². The Bertz CT molecular complexity index is 887. The molecule has 164 valence electrons. The molecule has 2 aromatic rings. The molecule has 30 heavy (non-hydrogen) atoms. The lowest BCUT2D eigenvalue weighted by Crippen LogP contribution is -2.52. The van der Waals surface area contributed by atoms with Crippen molar-refractivity contribution in [3.8, 4) is 5.88 Å². The Hall–Kier alpha value is -2.23. The van der Waals surface area contributed by atoms with Crippen LogP contribution in [0.5, 0.6) is 5.88 Å². The van der Waals surface area contributed by atoms with E-state index in [4.69, 9.17) is 14.2 Å². The lowest BCUT2D eigenvalue weighted by Gasteiger charge is -2.37. The van der Waals surface area contributed by atoms with Crippen LogP contribution in [0.2, 0.25) is 0 Å². The molecule has 0 spiro atoms. The molecule has 0 aromatic carbocycles. The molecule has 9 heteroatoms. The van der Waals surface area contributed by atoms with Gasteiger partial charge in [-0.2, -0.15) is 0 Å². The summed E-state index contributed by atoms with van der Waals surface area (Å²) < 4.78 is 18.6. The first-order valence-electron chi connectivity index (χ1n) is 10.6. The van der Waals surface area contributed by atoms with Gasteiger partial charge in [0.15, 0.2) is 12.3 Å². The van der Waals surface area contributed by atoms with Crippen molar-refractivity contribution in [3.05, 3.63) is 17.3 Å². The molecule has 0 radical (unpaired) electrons. The van der Waals surface area contributed by atoms with E-state index in [1.807, 2.05) is 27.0 Å². The van der Waals surface area contributed by atoms with Gasteiger partial charge in [0.05, 0.1) is 25.2 Å². The van der Waals surface area contributed by atoms with E-state index in [0.717, 1.165) is 68.2 Å². The first kappa shape index (κ1) is 21.0. The van der Waals surface area contributed by atoms with Crippen molar-refractivity contribution < 1.29 is 19.0 Å². The molecule has 1 amide bonds. The molecule has 4 heterocycles. The highest BCUT2D eigenvalue weighted by Crippen LogP contribution is 2.27. The SMILES string of the molecule is Cc1cc(C)c2c(OCC(=O)NCC(C3CCOC3)N3CCOCC3)nn(C)c2n1. The predicted octanol–water partition coefficient (Wildman–Crippen LogP) is 0.817. The summed E-state index contributed by atoms with van der Waals surface area (Å²) in [5.41, 5.74) is 2.73. The second-order valence-electron chi connectivity index (χ2n) is 8.14. The molecule has 2 atom stereocenters. The number of aromatic nitrogens is 3. The Morgan fingerprint density at radius 2 is 2.10 bits per heavy atom. The van der Waals surface area contributed by atoms with Crippen molar-refractivity contribution in [1.29, 1.82) is 0 Å². The average molecular weight is 418 g/mol. The minimum atomic E-state index is -0.149. The van der Waals surface area contributed by atoms with Crippen molar-refractivity contribution in [3.63, 3.8) is 0 Å². The number of carbonyl (C=O) groups excluding carboxylic acids is 1. The number of carbonyl (C=O) groups is 1. The lowest BCUT2D eigenvalue weighted by molar-refractivity contribution is -0.123. The van der Waals surface area contributed by atoms with Crippen LogP contribution in [0, 0.1) is 19.8 Å². The van der Waals surface area contributed by atoms with Gasteiger partial charge in [0, 0.05) is 50.9 Å². The fourth-order valence-corrected chi connectivity index (χ4v) is 4.41. The van der Waals surface area contributed by atoms with E-state index >= 15 is 0 Å². The van der Waals surface area contributed by atoms with Crippen LogP contribution in [0.4, 0.5) is 0 Å². The van der Waals surface area contributed by atoms with Crippen LogP contribution < -0.4 is 10.1 Å². The van der Waals surface area contributed by atoms with Crippen LogP contribution in [0.25, 0.3) is 11.0 Å². The number of ether oxygens (including phenoxy) is 3. The zero-order chi connectivity index (χ0) is 21.1. The molecular weight excluding hydrogens is 386 g/mol. The van der Waals surface area contributed by atoms with E-state index in [1.54, 1.807) is 4.68 Å². The van der Waals surface area contributed by atoms with Gasteiger partial charge < -0.3 is 19.5 Å². The zero-order valence-electron chi connectivity index (χ0n) is 18.0. The highest BCUT2D eigenvalue weighted by Gasteiger charge is 2.31. The second kappa shape index (κ2) is 9.28. The molecule has 4 rings (SSSR count). The third kappa shape index (κ3) is 4.58. The number of rotatable bonds is 7. The summed E-state index contributed by atoms with van der Waals surface area (Å²) in [5, 5.41) is 8.31. The highest BCUT2D eigenvalue weighted by atomic mass is 16.5. The van der Waals surface area contributed by atoms with Crippen molar-refractivity contribution >= 4 is 16.9 Å². The fourth-order valence-electron chi connectivity index (χ4n) is 4.41. The number of amides is 1. The summed E-state index contributed by atoms with van der Waals surface area (Å²) in [6.45, 7) is 9.26. The van der Waals surface area contributed by atoms with Crippen LogP contribution in [-0.4, -0.2) is 84.3 Å². The third-order valence-corrected chi connectivity index (χ3v) is 5.96. The summed E-state index contributed by atoms with van der Waals surface area (Å²) in [7, 11) is 1.83. The van der Waals surface area contributed by atoms with Crippen molar-refractivity contribution in [1.82, 2.24) is 25.0 Å². The number of aryl methyl sites for hydroxylation is 3. The summed E-state index contributed by atoms with van der Waals surface area (Å²) in [6, 6.07) is 2.25. The smallest absolute Gasteiger partial charge is 0.258 e. The molecular formula is C21H31N5O4. The van der Waals surface area contributed by atoms with Crippen LogP contribution >= 0.6 is 0 Å². The molecule has 2 fully saturated rings. The van der Waals surface area contributed by atoms with E-state index < -0.39 is 0 Å². The van der Waals surface area contributed by atoms with Crippen LogP contribution in [0.1, 0.15) is 17.7 Å². The quantitative estimate of drug-likeness (QED) is 0.713. The van der Waals surface area contributed by atoms with Gasteiger partial charge in [0.1, 0.15) is 0 Å². The minimum absolute atomic E-state index is 0.0730. The summed E-state index contributed by atoms with van der Waals surface area (Å²) in [6.07, 6.45) is 1.03. The largest absolute Gasteiger partial charge is 0.466 e. The monoisotopic (exact) mass is 417 g/mol. The highest BCUT2D eigenvalue weighted by molar-refractivity contribution is 5.85. The molecule has 9 nitrogen and oxygen atoms in total. The topological polar surface area (TPSA) is 90.7 Å². The Morgan fingerprint density at radius 3 is 2.83 bits per heavy atom. The maximum absolute atomic E-state index is 12.5. The Balaban J connectivity index is 1.36. The number of hydrogen-bond donors (Lipinski definition) is 1. The average Bonchev–Trinajstić information content (AvgIpc) is 3.36. The Kier molecular flexibility index (Phi) is 6.50. The normalized spacial score (nSPS) is 21.1. The van der Waals surface area contributed by atoms with Crippen molar-refractivity contribution in [2.24, 2.45) is 13.0 Å². The number of nitrogens with zero attached hydrogens (tertiary/aromatic N) is 4. The first-order chi connectivity index (χ1) is 14.5. The molecule has 1 N–H and O–H groups in total. The molecule has 0 aliphatic carbocycles. The van der Waals surface area contributed by atoms with Crippen LogP contribution in [0.15, 0.2) is 6.07 Å². The molecule has 2 unspecified atom stereocenters. The van der Waals surface area contributed by atoms with Gasteiger partial charge in [-0.1, -0.05) is 0 Å². The van der Waals surface area contributed by atoms with E-state index in [0.29, 0.717) is 18.3 Å². The molecule has 2 aliphatic heterocycles. The van der Waals surface area contributed by atoms with Gasteiger partial charge in [-0.3, -0.25) is 9.69 Å². The van der Waals surface area contributed by atoms with Crippen LogP contribution in [0.3, 0.4) is 0 Å². The molecule has 0 bridgehead atoms. The lowest BCUT2D eigenvalue weighted by atomic mass is 9.97. The van der Waals surface area contributed by atoms with Gasteiger partial charge in [0.2, 0.25) is 5.88 Å². The maximum atomic E-state index is 12.5. The number of nitrogens with one attached hydrogen (secondary N) is 1. The Labute approximate surface area is 176 Å². The van der Waals surface area contributed by atoms with E-state index in [-0.39, 0.29) is 18.6 Å². The number of pyridine rings is 1. The molecule has 2 aromatic heterocycles. The minimum Gasteiger partial charge on any atom is -0.466 e. The van der Waals surface area contributed by atoms with E-state index in [1.165, 1.54) is 0 Å². The zero-order valence-corrected chi connectivity index (χ0v) is 18.0. The number of hydrogen-bond acceptors (Lipinski definition) is 7. The summed E-state index contributed by atoms with van der Waals surface area (Å²) >= 11 is 0. The van der Waals surface area contributed by atoms with Gasteiger partial charge in [0.25, 0.3) is 5.91 Å². The third-order valence-electron chi connectivity index (χ3n) is 5.96. The van der Waals surface area contributed by atoms with Crippen molar-refractivity contribution in [2.75, 3.05) is 52.7 Å². The number of morpholine rings is 1. The molecule has 0 saturated carbocycles. The summed E-state index contributed by atoms with van der Waals surface area (Å²) in [5.74, 6) is 0.728. The predicted molar refractivity (Wildman–Crippen MR) is 112 cm³/mol. The number of fused-ring (bicyclic) bond motifs is 1. The molecule has 2 saturated heterocycles. The van der Waals surface area contributed by atoms with Gasteiger partial charge in [-0.05, 0) is 31.9 Å². The fraction of sp³-hybridized carbons (Fsp3) is 0.667. The maximum Gasteiger partial charge on any atom is 0.258 e. The molecule has 2 aliphatic rings. The summed E-state index contributed by atoms with van der Waals surface area (Å²) in [4.78, 5) is 19.5. The van der Waals surface area contributed by atoms with Gasteiger partial charge >= 0.3 is 0 Å². The second-order valence-corrected chi connectivity index (χ2v) is 8.14. The van der Waals surface area contributed by atoms with Gasteiger partial charge in [-0.25, -0.2) is 9.67 Å². The van der Waals surface area contributed by atoms with Crippen LogP contribution in [-0.2, 0) is 21.3 Å². The Morgan fingerprint density at radius 1 is 1.30 bits per heavy atom. The van der Waals surface area contributed by atoms with E-state index in [2.05, 4.69) is 20.3 Å².